The van der Waals surface area contributed by atoms with Gasteiger partial charge in [0.1, 0.15) is 0 Å². The fourth-order valence-electron chi connectivity index (χ4n) is 1.82. The van der Waals surface area contributed by atoms with E-state index in [4.69, 9.17) is 0 Å². The molecule has 2 rings (SSSR count). The second-order valence-corrected chi connectivity index (χ2v) is 6.43. The number of benzene rings is 1. The van der Waals surface area contributed by atoms with Crippen LogP contribution in [0, 0.1) is 12.8 Å². The van der Waals surface area contributed by atoms with Crippen LogP contribution in [0.5, 0.6) is 0 Å². The highest BCUT2D eigenvalue weighted by molar-refractivity contribution is 7.92. The highest BCUT2D eigenvalue weighted by Crippen LogP contribution is 2.41. The first kappa shape index (κ1) is 12.1. The van der Waals surface area contributed by atoms with Crippen molar-refractivity contribution in [2.45, 2.75) is 23.5 Å². The van der Waals surface area contributed by atoms with Crippen molar-refractivity contribution >= 4 is 15.8 Å². The monoisotopic (exact) mass is 254 g/mol. The Hall–Kier alpha value is -1.36. The van der Waals surface area contributed by atoms with Crippen molar-refractivity contribution in [3.05, 3.63) is 29.8 Å². The molecule has 0 aromatic heterocycles. The summed E-state index contributed by atoms with van der Waals surface area (Å²) in [6.07, 6.45) is 0.364. The Kier molecular flexibility index (Phi) is 2.95. The van der Waals surface area contributed by atoms with Gasteiger partial charge in [-0.15, -0.1) is 0 Å². The van der Waals surface area contributed by atoms with E-state index in [-0.39, 0.29) is 4.90 Å². The van der Waals surface area contributed by atoms with Gasteiger partial charge in [-0.3, -0.25) is 4.79 Å². The number of ether oxygens (including phenoxy) is 1. The van der Waals surface area contributed by atoms with E-state index < -0.39 is 27.0 Å². The number of rotatable bonds is 3. The molecule has 1 fully saturated rings. The number of esters is 1. The molecule has 2 atom stereocenters. The van der Waals surface area contributed by atoms with Crippen LogP contribution in [0.25, 0.3) is 0 Å². The van der Waals surface area contributed by atoms with Gasteiger partial charge in [-0.1, -0.05) is 17.7 Å². The van der Waals surface area contributed by atoms with Gasteiger partial charge < -0.3 is 4.74 Å². The van der Waals surface area contributed by atoms with Crippen LogP contribution in [-0.4, -0.2) is 26.7 Å². The minimum absolute atomic E-state index is 0.277. The zero-order valence-electron chi connectivity index (χ0n) is 9.71. The average molecular weight is 254 g/mol. The van der Waals surface area contributed by atoms with Gasteiger partial charge in [0.05, 0.1) is 23.2 Å². The molecule has 1 aliphatic carbocycles. The van der Waals surface area contributed by atoms with Gasteiger partial charge in [-0.05, 0) is 25.5 Å². The number of methoxy groups -OCH3 is 1. The van der Waals surface area contributed by atoms with E-state index in [0.717, 1.165) is 5.56 Å². The number of carbonyl (C=O) groups excluding carboxylic acids is 1. The fraction of sp³-hybridized carbons (Fsp3) is 0.417. The molecule has 5 heteroatoms. The summed E-state index contributed by atoms with van der Waals surface area (Å²) in [6, 6.07) is 6.67. The van der Waals surface area contributed by atoms with Crippen molar-refractivity contribution in [3.8, 4) is 0 Å². The summed E-state index contributed by atoms with van der Waals surface area (Å²) in [5.74, 6) is -0.933. The lowest BCUT2D eigenvalue weighted by Gasteiger charge is -2.03. The van der Waals surface area contributed by atoms with Crippen molar-refractivity contribution in [3.63, 3.8) is 0 Å². The Morgan fingerprint density at radius 3 is 2.41 bits per heavy atom. The number of sulfone groups is 1. The Balaban J connectivity index is 2.22. The lowest BCUT2D eigenvalue weighted by molar-refractivity contribution is -0.142. The van der Waals surface area contributed by atoms with E-state index >= 15 is 0 Å². The first-order chi connectivity index (χ1) is 7.96. The van der Waals surface area contributed by atoms with Crippen molar-refractivity contribution < 1.29 is 17.9 Å². The number of hydrogen-bond acceptors (Lipinski definition) is 4. The lowest BCUT2D eigenvalue weighted by atomic mass is 10.2. The molecule has 92 valence electrons. The molecule has 0 radical (unpaired) electrons. The van der Waals surface area contributed by atoms with Crippen LogP contribution >= 0.6 is 0 Å². The third-order valence-corrected chi connectivity index (χ3v) is 5.23. The second-order valence-electron chi connectivity index (χ2n) is 4.26. The minimum atomic E-state index is -3.39. The van der Waals surface area contributed by atoms with Crippen LogP contribution in [0.4, 0.5) is 0 Å². The van der Waals surface area contributed by atoms with Gasteiger partial charge in [-0.2, -0.15) is 0 Å². The smallest absolute Gasteiger partial charge is 0.310 e. The zero-order valence-corrected chi connectivity index (χ0v) is 10.5. The van der Waals surface area contributed by atoms with E-state index in [1.165, 1.54) is 7.11 Å². The Morgan fingerprint density at radius 1 is 1.29 bits per heavy atom. The van der Waals surface area contributed by atoms with Gasteiger partial charge in [0, 0.05) is 0 Å². The summed E-state index contributed by atoms with van der Waals surface area (Å²) in [5, 5.41) is -0.613. The molecule has 0 amide bonds. The highest BCUT2D eigenvalue weighted by Gasteiger charge is 2.52. The molecule has 1 saturated carbocycles. The first-order valence-corrected chi connectivity index (χ1v) is 6.90. The molecule has 0 N–H and O–H groups in total. The Labute approximate surface area is 101 Å². The Morgan fingerprint density at radius 2 is 1.88 bits per heavy atom. The van der Waals surface area contributed by atoms with Crippen molar-refractivity contribution in [1.82, 2.24) is 0 Å². The largest absolute Gasteiger partial charge is 0.469 e. The average Bonchev–Trinajstić information content (AvgIpc) is 3.09. The van der Waals surface area contributed by atoms with Crippen LogP contribution in [0.2, 0.25) is 0 Å². The molecular formula is C12H14O4S. The Bertz CT molecular complexity index is 530. The maximum atomic E-state index is 12.1. The highest BCUT2D eigenvalue weighted by atomic mass is 32.2. The van der Waals surface area contributed by atoms with Gasteiger partial charge in [0.15, 0.2) is 9.84 Å². The quantitative estimate of drug-likeness (QED) is 0.763. The summed E-state index contributed by atoms with van der Waals surface area (Å²) < 4.78 is 28.8. The summed E-state index contributed by atoms with van der Waals surface area (Å²) in [4.78, 5) is 11.5. The van der Waals surface area contributed by atoms with Crippen LogP contribution in [0.15, 0.2) is 29.2 Å². The molecule has 0 spiro atoms. The van der Waals surface area contributed by atoms with Crippen molar-refractivity contribution in [1.29, 1.82) is 0 Å². The minimum Gasteiger partial charge on any atom is -0.469 e. The molecule has 17 heavy (non-hydrogen) atoms. The summed E-state index contributed by atoms with van der Waals surface area (Å²) in [5.41, 5.74) is 1.00. The van der Waals surface area contributed by atoms with Gasteiger partial charge in [0.25, 0.3) is 0 Å². The normalized spacial score (nSPS) is 23.2. The molecule has 0 aliphatic heterocycles. The third-order valence-electron chi connectivity index (χ3n) is 2.98. The molecule has 4 nitrogen and oxygen atoms in total. The van der Waals surface area contributed by atoms with E-state index in [1.54, 1.807) is 24.3 Å². The molecule has 0 bridgehead atoms. The summed E-state index contributed by atoms with van der Waals surface area (Å²) in [7, 11) is -2.11. The molecule has 0 heterocycles. The number of hydrogen-bond donors (Lipinski definition) is 0. The van der Waals surface area contributed by atoms with E-state index in [0.29, 0.717) is 6.42 Å². The van der Waals surface area contributed by atoms with Gasteiger partial charge >= 0.3 is 5.97 Å². The summed E-state index contributed by atoms with van der Waals surface area (Å²) in [6.45, 7) is 1.89. The van der Waals surface area contributed by atoms with E-state index in [2.05, 4.69) is 4.74 Å². The zero-order chi connectivity index (χ0) is 12.6. The topological polar surface area (TPSA) is 60.4 Å². The van der Waals surface area contributed by atoms with Gasteiger partial charge in [0.2, 0.25) is 0 Å². The van der Waals surface area contributed by atoms with Crippen LogP contribution < -0.4 is 0 Å². The predicted molar refractivity (Wildman–Crippen MR) is 62.3 cm³/mol. The number of carbonyl (C=O) groups is 1. The molecule has 0 saturated heterocycles. The number of aryl methyl sites for hydroxylation is 1. The second kappa shape index (κ2) is 4.14. The van der Waals surface area contributed by atoms with Crippen LogP contribution in [0.3, 0.4) is 0 Å². The SMILES string of the molecule is COC(=O)[C@@H]1CC1S(=O)(=O)c1ccc(C)cc1. The van der Waals surface area contributed by atoms with Crippen LogP contribution in [-0.2, 0) is 19.4 Å². The van der Waals surface area contributed by atoms with Gasteiger partial charge in [-0.25, -0.2) is 8.42 Å². The summed E-state index contributed by atoms with van der Waals surface area (Å²) >= 11 is 0. The maximum absolute atomic E-state index is 12.1. The van der Waals surface area contributed by atoms with Crippen molar-refractivity contribution in [2.75, 3.05) is 7.11 Å². The standard InChI is InChI=1S/C12H14O4S/c1-8-3-5-9(6-4-8)17(14,15)11-7-10(11)12(13)16-2/h3-6,10-11H,7H2,1-2H3/t10-,11?/m1/s1. The molecule has 1 aromatic rings. The van der Waals surface area contributed by atoms with E-state index in [9.17, 15) is 13.2 Å². The van der Waals surface area contributed by atoms with Crippen molar-refractivity contribution in [2.24, 2.45) is 5.92 Å². The molecule has 1 aliphatic rings. The molecule has 1 aromatic carbocycles. The maximum Gasteiger partial charge on any atom is 0.310 e. The first-order valence-electron chi connectivity index (χ1n) is 5.35. The fourth-order valence-corrected chi connectivity index (χ4v) is 3.69. The van der Waals surface area contributed by atoms with E-state index in [1.807, 2.05) is 6.92 Å². The molecular weight excluding hydrogens is 240 g/mol. The molecule has 1 unspecified atom stereocenters. The lowest BCUT2D eigenvalue weighted by Crippen LogP contribution is -2.14. The third kappa shape index (κ3) is 2.20. The van der Waals surface area contributed by atoms with Crippen LogP contribution in [0.1, 0.15) is 12.0 Å². The predicted octanol–water partition coefficient (Wildman–Crippen LogP) is 1.33.